The minimum absolute atomic E-state index is 0.155. The summed E-state index contributed by atoms with van der Waals surface area (Å²) < 4.78 is 18.3. The molecule has 2 aromatic carbocycles. The van der Waals surface area contributed by atoms with Gasteiger partial charge in [0.25, 0.3) is 11.8 Å². The zero-order valence-corrected chi connectivity index (χ0v) is 13.2. The number of nitrogens with zero attached hydrogens (tertiary/aromatic N) is 1. The van der Waals surface area contributed by atoms with Crippen molar-refractivity contribution in [3.8, 4) is 5.75 Å². The van der Waals surface area contributed by atoms with E-state index in [0.29, 0.717) is 11.3 Å². The molecule has 0 aliphatic carbocycles. The van der Waals surface area contributed by atoms with E-state index in [1.165, 1.54) is 25.3 Å². The van der Waals surface area contributed by atoms with Gasteiger partial charge in [0.05, 0.1) is 12.8 Å². The zero-order valence-electron chi connectivity index (χ0n) is 13.2. The first-order valence-electron chi connectivity index (χ1n) is 7.31. The van der Waals surface area contributed by atoms with Crippen LogP contribution in [0.25, 0.3) is 6.08 Å². The predicted octanol–water partition coefficient (Wildman–Crippen LogP) is 2.50. The molecule has 7 heteroatoms. The highest BCUT2D eigenvalue weighted by Crippen LogP contribution is 2.25. The van der Waals surface area contributed by atoms with Gasteiger partial charge in [-0.15, -0.1) is 0 Å². The van der Waals surface area contributed by atoms with Crippen LogP contribution in [-0.2, 0) is 9.59 Å². The lowest BCUT2D eigenvalue weighted by Crippen LogP contribution is -2.54. The molecule has 3 rings (SSSR count). The maximum Gasteiger partial charge on any atom is 0.335 e. The fourth-order valence-electron chi connectivity index (χ4n) is 2.42. The number of para-hydroxylation sites is 1. The first kappa shape index (κ1) is 16.4. The van der Waals surface area contributed by atoms with Crippen LogP contribution in [-0.4, -0.2) is 25.0 Å². The van der Waals surface area contributed by atoms with Gasteiger partial charge in [-0.2, -0.15) is 0 Å². The smallest absolute Gasteiger partial charge is 0.335 e. The lowest BCUT2D eigenvalue weighted by atomic mass is 10.1. The Hall–Kier alpha value is -3.48. The summed E-state index contributed by atoms with van der Waals surface area (Å²) in [7, 11) is 1.47. The van der Waals surface area contributed by atoms with Crippen LogP contribution in [0.15, 0.2) is 54.1 Å². The monoisotopic (exact) mass is 340 g/mol. The van der Waals surface area contributed by atoms with Crippen LogP contribution in [0.5, 0.6) is 5.75 Å². The second-order valence-electron chi connectivity index (χ2n) is 5.18. The molecule has 0 saturated carbocycles. The number of amides is 4. The lowest BCUT2D eigenvalue weighted by Gasteiger charge is -2.26. The summed E-state index contributed by atoms with van der Waals surface area (Å²) in [6.45, 7) is 0. The van der Waals surface area contributed by atoms with Gasteiger partial charge < -0.3 is 4.74 Å². The zero-order chi connectivity index (χ0) is 18.0. The fraction of sp³-hybridized carbons (Fsp3) is 0.0556. The highest BCUT2D eigenvalue weighted by Gasteiger charge is 2.36. The summed E-state index contributed by atoms with van der Waals surface area (Å²) >= 11 is 0. The Bertz CT molecular complexity index is 890. The molecule has 2 aromatic rings. The van der Waals surface area contributed by atoms with Gasteiger partial charge in [0, 0.05) is 5.56 Å². The Balaban J connectivity index is 2.03. The first-order valence-corrected chi connectivity index (χ1v) is 7.31. The number of anilines is 1. The number of barbiturate groups is 1. The molecule has 0 unspecified atom stereocenters. The number of carbonyl (C=O) groups is 3. The highest BCUT2D eigenvalue weighted by atomic mass is 19.1. The molecule has 6 nitrogen and oxygen atoms in total. The van der Waals surface area contributed by atoms with E-state index in [4.69, 9.17) is 4.74 Å². The number of rotatable bonds is 3. The molecule has 0 atom stereocenters. The van der Waals surface area contributed by atoms with Crippen LogP contribution >= 0.6 is 0 Å². The summed E-state index contributed by atoms with van der Waals surface area (Å²) in [5.74, 6) is -1.64. The number of nitrogens with one attached hydrogen (secondary N) is 1. The van der Waals surface area contributed by atoms with Gasteiger partial charge in [0.15, 0.2) is 0 Å². The standard InChI is InChI=1S/C18H13FN2O4/c1-25-15-5-3-2-4-11(15)10-14-16(22)20-18(24)21(17(14)23)13-8-6-12(19)7-9-13/h2-10H,1H3,(H,20,22,24). The number of ether oxygens (including phenoxy) is 1. The van der Waals surface area contributed by atoms with Crippen LogP contribution in [0.2, 0.25) is 0 Å². The Morgan fingerprint density at radius 2 is 1.72 bits per heavy atom. The normalized spacial score (nSPS) is 16.2. The van der Waals surface area contributed by atoms with Gasteiger partial charge in [-0.1, -0.05) is 18.2 Å². The van der Waals surface area contributed by atoms with Crippen LogP contribution in [0.3, 0.4) is 0 Å². The van der Waals surface area contributed by atoms with Gasteiger partial charge in [-0.3, -0.25) is 14.9 Å². The molecule has 0 radical (unpaired) electrons. The molecular weight excluding hydrogens is 327 g/mol. The van der Waals surface area contributed by atoms with Crippen molar-refractivity contribution in [3.63, 3.8) is 0 Å². The average Bonchev–Trinajstić information content (AvgIpc) is 2.60. The molecule has 1 heterocycles. The van der Waals surface area contributed by atoms with Crippen LogP contribution in [0.4, 0.5) is 14.9 Å². The summed E-state index contributed by atoms with van der Waals surface area (Å²) in [5.41, 5.74) is 0.438. The number of hydrogen-bond donors (Lipinski definition) is 1. The average molecular weight is 340 g/mol. The third kappa shape index (κ3) is 3.12. The van der Waals surface area contributed by atoms with Crippen molar-refractivity contribution >= 4 is 29.6 Å². The van der Waals surface area contributed by atoms with Crippen molar-refractivity contribution in [1.29, 1.82) is 0 Å². The van der Waals surface area contributed by atoms with Gasteiger partial charge in [0.2, 0.25) is 0 Å². The number of imide groups is 2. The highest BCUT2D eigenvalue weighted by molar-refractivity contribution is 6.39. The number of urea groups is 1. The summed E-state index contributed by atoms with van der Waals surface area (Å²) in [6.07, 6.45) is 1.35. The molecule has 126 valence electrons. The maximum atomic E-state index is 13.1. The van der Waals surface area contributed by atoms with E-state index < -0.39 is 23.7 Å². The van der Waals surface area contributed by atoms with Gasteiger partial charge in [0.1, 0.15) is 17.1 Å². The Labute approximate surface area is 142 Å². The number of benzene rings is 2. The van der Waals surface area contributed by atoms with E-state index in [-0.39, 0.29) is 11.3 Å². The van der Waals surface area contributed by atoms with Gasteiger partial charge in [-0.25, -0.2) is 14.1 Å². The van der Waals surface area contributed by atoms with Gasteiger partial charge >= 0.3 is 6.03 Å². The third-order valence-corrected chi connectivity index (χ3v) is 3.63. The number of methoxy groups -OCH3 is 1. The fourth-order valence-corrected chi connectivity index (χ4v) is 2.42. The molecule has 1 aliphatic rings. The van der Waals surface area contributed by atoms with Crippen LogP contribution < -0.4 is 15.0 Å². The quantitative estimate of drug-likeness (QED) is 0.688. The molecular formula is C18H13FN2O4. The van der Waals surface area contributed by atoms with E-state index >= 15 is 0 Å². The van der Waals surface area contributed by atoms with Crippen molar-refractivity contribution in [2.24, 2.45) is 0 Å². The molecule has 0 aromatic heterocycles. The van der Waals surface area contributed by atoms with Crippen molar-refractivity contribution in [2.45, 2.75) is 0 Å². The van der Waals surface area contributed by atoms with Crippen LogP contribution in [0.1, 0.15) is 5.56 Å². The molecule has 4 amide bonds. The summed E-state index contributed by atoms with van der Waals surface area (Å²) in [6, 6.07) is 10.7. The second kappa shape index (κ2) is 6.56. The molecule has 0 spiro atoms. The minimum atomic E-state index is -0.890. The summed E-state index contributed by atoms with van der Waals surface area (Å²) in [4.78, 5) is 37.6. The molecule has 1 saturated heterocycles. The molecule has 1 aliphatic heterocycles. The first-order chi connectivity index (χ1) is 12.0. The maximum absolute atomic E-state index is 13.1. The molecule has 0 bridgehead atoms. The predicted molar refractivity (Wildman–Crippen MR) is 88.4 cm³/mol. The Kier molecular flexibility index (Phi) is 4.30. The van der Waals surface area contributed by atoms with Crippen molar-refractivity contribution in [2.75, 3.05) is 12.0 Å². The SMILES string of the molecule is COc1ccccc1C=C1C(=O)NC(=O)N(c2ccc(F)cc2)C1=O. The lowest BCUT2D eigenvalue weighted by molar-refractivity contribution is -0.122. The molecule has 25 heavy (non-hydrogen) atoms. The topological polar surface area (TPSA) is 75.7 Å². The number of hydrogen-bond acceptors (Lipinski definition) is 4. The van der Waals surface area contributed by atoms with Crippen molar-refractivity contribution < 1.29 is 23.5 Å². The molecule has 1 N–H and O–H groups in total. The third-order valence-electron chi connectivity index (χ3n) is 3.63. The molecule has 1 fully saturated rings. The Morgan fingerprint density at radius 1 is 1.04 bits per heavy atom. The van der Waals surface area contributed by atoms with E-state index in [0.717, 1.165) is 17.0 Å². The van der Waals surface area contributed by atoms with Crippen molar-refractivity contribution in [1.82, 2.24) is 5.32 Å². The van der Waals surface area contributed by atoms with Crippen LogP contribution in [0, 0.1) is 5.82 Å². The van der Waals surface area contributed by atoms with E-state index in [1.807, 2.05) is 0 Å². The minimum Gasteiger partial charge on any atom is -0.496 e. The van der Waals surface area contributed by atoms with E-state index in [9.17, 15) is 18.8 Å². The Morgan fingerprint density at radius 3 is 2.40 bits per heavy atom. The van der Waals surface area contributed by atoms with Crippen molar-refractivity contribution in [3.05, 3.63) is 65.5 Å². The second-order valence-corrected chi connectivity index (χ2v) is 5.18. The van der Waals surface area contributed by atoms with Gasteiger partial charge in [-0.05, 0) is 36.4 Å². The van der Waals surface area contributed by atoms with E-state index in [1.54, 1.807) is 24.3 Å². The largest absolute Gasteiger partial charge is 0.496 e. The number of carbonyl (C=O) groups excluding carboxylic acids is 3. The number of halogens is 1. The summed E-state index contributed by atoms with van der Waals surface area (Å²) in [5, 5.41) is 2.11. The van der Waals surface area contributed by atoms with E-state index in [2.05, 4.69) is 5.32 Å².